The van der Waals surface area contributed by atoms with Gasteiger partial charge in [-0.2, -0.15) is 0 Å². The Labute approximate surface area is 90.5 Å². The van der Waals surface area contributed by atoms with E-state index in [4.69, 9.17) is 11.5 Å². The zero-order chi connectivity index (χ0) is 11.6. The van der Waals surface area contributed by atoms with Crippen LogP contribution >= 0.6 is 0 Å². The van der Waals surface area contributed by atoms with Crippen LogP contribution in [-0.4, -0.2) is 5.78 Å². The Kier molecular flexibility index (Phi) is 3.48. The second-order valence-corrected chi connectivity index (χ2v) is 4.03. The van der Waals surface area contributed by atoms with E-state index in [-0.39, 0.29) is 11.7 Å². The quantitative estimate of drug-likeness (QED) is 0.586. The third-order valence-corrected chi connectivity index (χ3v) is 2.63. The van der Waals surface area contributed by atoms with Crippen LogP contribution in [0, 0.1) is 12.8 Å². The van der Waals surface area contributed by atoms with Crippen molar-refractivity contribution < 1.29 is 4.79 Å². The second-order valence-electron chi connectivity index (χ2n) is 4.03. The Bertz CT molecular complexity index is 383. The Morgan fingerprint density at radius 1 is 1.40 bits per heavy atom. The summed E-state index contributed by atoms with van der Waals surface area (Å²) in [5, 5.41) is 0. The third kappa shape index (κ3) is 2.18. The molecular weight excluding hydrogens is 188 g/mol. The molecule has 0 heterocycles. The molecule has 0 fully saturated rings. The van der Waals surface area contributed by atoms with Gasteiger partial charge < -0.3 is 11.5 Å². The van der Waals surface area contributed by atoms with Crippen molar-refractivity contribution in [2.45, 2.75) is 27.3 Å². The van der Waals surface area contributed by atoms with Gasteiger partial charge in [0.15, 0.2) is 5.78 Å². The van der Waals surface area contributed by atoms with Crippen molar-refractivity contribution in [2.24, 2.45) is 11.7 Å². The summed E-state index contributed by atoms with van der Waals surface area (Å²) in [5.74, 6) is 0.108. The summed E-state index contributed by atoms with van der Waals surface area (Å²) >= 11 is 0. The summed E-state index contributed by atoms with van der Waals surface area (Å²) in [6, 6.07) is 3.54. The Morgan fingerprint density at radius 3 is 2.47 bits per heavy atom. The van der Waals surface area contributed by atoms with E-state index < -0.39 is 0 Å². The zero-order valence-electron chi connectivity index (χ0n) is 9.50. The molecule has 0 aromatic heterocycles. The normalized spacial score (nSPS) is 10.7. The maximum Gasteiger partial charge on any atom is 0.165 e. The molecule has 0 saturated heterocycles. The molecule has 1 aromatic rings. The highest BCUT2D eigenvalue weighted by atomic mass is 16.1. The largest absolute Gasteiger partial charge is 0.399 e. The number of benzene rings is 1. The van der Waals surface area contributed by atoms with Crippen LogP contribution in [-0.2, 0) is 6.54 Å². The van der Waals surface area contributed by atoms with Crippen molar-refractivity contribution in [1.29, 1.82) is 0 Å². The van der Waals surface area contributed by atoms with Crippen molar-refractivity contribution in [3.63, 3.8) is 0 Å². The maximum absolute atomic E-state index is 11.9. The highest BCUT2D eigenvalue weighted by Gasteiger charge is 2.16. The molecule has 0 spiro atoms. The van der Waals surface area contributed by atoms with Crippen LogP contribution in [0.5, 0.6) is 0 Å². The molecule has 15 heavy (non-hydrogen) atoms. The molecule has 0 radical (unpaired) electrons. The van der Waals surface area contributed by atoms with E-state index in [0.29, 0.717) is 17.8 Å². The summed E-state index contributed by atoms with van der Waals surface area (Å²) < 4.78 is 0. The van der Waals surface area contributed by atoms with Gasteiger partial charge >= 0.3 is 0 Å². The predicted octanol–water partition coefficient (Wildman–Crippen LogP) is 1.87. The van der Waals surface area contributed by atoms with Gasteiger partial charge in [-0.1, -0.05) is 13.8 Å². The number of carbonyl (C=O) groups is 1. The highest BCUT2D eigenvalue weighted by molar-refractivity contribution is 5.99. The number of hydrogen-bond donors (Lipinski definition) is 2. The lowest BCUT2D eigenvalue weighted by Crippen LogP contribution is -2.14. The number of anilines is 1. The minimum atomic E-state index is -0.0154. The van der Waals surface area contributed by atoms with Gasteiger partial charge in [-0.05, 0) is 30.2 Å². The van der Waals surface area contributed by atoms with E-state index >= 15 is 0 Å². The van der Waals surface area contributed by atoms with Crippen LogP contribution in [0.1, 0.15) is 35.3 Å². The summed E-state index contributed by atoms with van der Waals surface area (Å²) in [6.07, 6.45) is 0. The van der Waals surface area contributed by atoms with Crippen LogP contribution in [0.3, 0.4) is 0 Å². The molecule has 0 aliphatic rings. The fourth-order valence-corrected chi connectivity index (χ4v) is 1.58. The fraction of sp³-hybridized carbons (Fsp3) is 0.417. The lowest BCUT2D eigenvalue weighted by molar-refractivity contribution is 0.0938. The van der Waals surface area contributed by atoms with Gasteiger partial charge in [0.2, 0.25) is 0 Å². The van der Waals surface area contributed by atoms with Gasteiger partial charge in [0.1, 0.15) is 0 Å². The van der Waals surface area contributed by atoms with Crippen LogP contribution in [0.25, 0.3) is 0 Å². The molecule has 1 aromatic carbocycles. The Morgan fingerprint density at radius 2 is 2.00 bits per heavy atom. The molecule has 4 N–H and O–H groups in total. The summed E-state index contributed by atoms with van der Waals surface area (Å²) in [6.45, 7) is 6.02. The van der Waals surface area contributed by atoms with Gasteiger partial charge in [-0.3, -0.25) is 4.79 Å². The number of nitrogens with two attached hydrogens (primary N) is 2. The lowest BCUT2D eigenvalue weighted by atomic mass is 9.93. The monoisotopic (exact) mass is 206 g/mol. The van der Waals surface area contributed by atoms with E-state index in [1.54, 1.807) is 12.1 Å². The molecular formula is C12H18N2O. The van der Waals surface area contributed by atoms with Gasteiger partial charge in [0, 0.05) is 23.7 Å². The lowest BCUT2D eigenvalue weighted by Gasteiger charge is -2.13. The number of Topliss-reactive ketones (excluding diaryl/α,β-unsaturated/α-hetero) is 1. The first-order chi connectivity index (χ1) is 6.99. The first kappa shape index (κ1) is 11.7. The van der Waals surface area contributed by atoms with E-state index in [1.165, 1.54) is 0 Å². The molecule has 0 bridgehead atoms. The number of ketones is 1. The number of hydrogen-bond acceptors (Lipinski definition) is 3. The SMILES string of the molecule is Cc1c(N)ccc(C(=O)C(C)C)c1CN. The van der Waals surface area contributed by atoms with Gasteiger partial charge in [-0.15, -0.1) is 0 Å². The van der Waals surface area contributed by atoms with Gasteiger partial charge in [-0.25, -0.2) is 0 Å². The maximum atomic E-state index is 11.9. The minimum Gasteiger partial charge on any atom is -0.399 e. The van der Waals surface area contributed by atoms with Crippen LogP contribution < -0.4 is 11.5 Å². The molecule has 0 saturated carbocycles. The number of carbonyl (C=O) groups excluding carboxylic acids is 1. The Hall–Kier alpha value is -1.35. The molecule has 0 atom stereocenters. The van der Waals surface area contributed by atoms with E-state index in [1.807, 2.05) is 20.8 Å². The first-order valence-electron chi connectivity index (χ1n) is 5.11. The van der Waals surface area contributed by atoms with Crippen LogP contribution in [0.2, 0.25) is 0 Å². The molecule has 3 heteroatoms. The van der Waals surface area contributed by atoms with Crippen molar-refractivity contribution in [2.75, 3.05) is 5.73 Å². The van der Waals surface area contributed by atoms with Crippen LogP contribution in [0.4, 0.5) is 5.69 Å². The van der Waals surface area contributed by atoms with Crippen molar-refractivity contribution in [1.82, 2.24) is 0 Å². The van der Waals surface area contributed by atoms with Crippen LogP contribution in [0.15, 0.2) is 12.1 Å². The molecule has 1 rings (SSSR count). The van der Waals surface area contributed by atoms with Gasteiger partial charge in [0.25, 0.3) is 0 Å². The van der Waals surface area contributed by atoms with E-state index in [0.717, 1.165) is 11.1 Å². The fourth-order valence-electron chi connectivity index (χ4n) is 1.58. The molecule has 0 aliphatic carbocycles. The predicted molar refractivity (Wildman–Crippen MR) is 62.7 cm³/mol. The number of nitrogen functional groups attached to an aromatic ring is 1. The van der Waals surface area contributed by atoms with E-state index in [2.05, 4.69) is 0 Å². The third-order valence-electron chi connectivity index (χ3n) is 2.63. The smallest absolute Gasteiger partial charge is 0.165 e. The van der Waals surface area contributed by atoms with Crippen molar-refractivity contribution in [3.05, 3.63) is 28.8 Å². The first-order valence-corrected chi connectivity index (χ1v) is 5.11. The van der Waals surface area contributed by atoms with Crippen molar-refractivity contribution >= 4 is 11.5 Å². The molecule has 0 amide bonds. The molecule has 0 unspecified atom stereocenters. The van der Waals surface area contributed by atoms with E-state index in [9.17, 15) is 4.79 Å². The molecule has 82 valence electrons. The van der Waals surface area contributed by atoms with Gasteiger partial charge in [0.05, 0.1) is 0 Å². The van der Waals surface area contributed by atoms with Crippen molar-refractivity contribution in [3.8, 4) is 0 Å². The second kappa shape index (κ2) is 4.45. The number of rotatable bonds is 3. The summed E-state index contributed by atoms with van der Waals surface area (Å²) in [7, 11) is 0. The molecule has 3 nitrogen and oxygen atoms in total. The topological polar surface area (TPSA) is 69.1 Å². The standard InChI is InChI=1S/C12H18N2O/c1-7(2)12(15)9-4-5-11(14)8(3)10(9)6-13/h4-5,7H,6,13-14H2,1-3H3. The molecule has 0 aliphatic heterocycles. The highest BCUT2D eigenvalue weighted by Crippen LogP contribution is 2.22. The average Bonchev–Trinajstić information content (AvgIpc) is 2.20. The zero-order valence-corrected chi connectivity index (χ0v) is 9.50. The minimum absolute atomic E-state index is 0.0154. The Balaban J connectivity index is 3.31. The average molecular weight is 206 g/mol. The summed E-state index contributed by atoms with van der Waals surface area (Å²) in [4.78, 5) is 11.9. The summed E-state index contributed by atoms with van der Waals surface area (Å²) in [5.41, 5.74) is 14.6.